The summed E-state index contributed by atoms with van der Waals surface area (Å²) in [6, 6.07) is 0.585. The van der Waals surface area contributed by atoms with E-state index >= 15 is 0 Å². The van der Waals surface area contributed by atoms with E-state index in [1.807, 2.05) is 7.05 Å². The van der Waals surface area contributed by atoms with Gasteiger partial charge in [0.25, 0.3) is 0 Å². The number of rotatable bonds is 4. The summed E-state index contributed by atoms with van der Waals surface area (Å²) in [7, 11) is 1.83. The van der Waals surface area contributed by atoms with Crippen LogP contribution in [0.1, 0.15) is 49.7 Å². The van der Waals surface area contributed by atoms with E-state index in [1.54, 1.807) is 11.3 Å². The zero-order chi connectivity index (χ0) is 13.5. The molecule has 1 fully saturated rings. The van der Waals surface area contributed by atoms with Gasteiger partial charge in [0, 0.05) is 18.5 Å². The van der Waals surface area contributed by atoms with Crippen LogP contribution >= 0.6 is 11.3 Å². The van der Waals surface area contributed by atoms with Gasteiger partial charge in [0.05, 0.1) is 17.2 Å². The number of nitrogens with zero attached hydrogens (tertiary/aromatic N) is 2. The zero-order valence-electron chi connectivity index (χ0n) is 11.9. The first-order valence-corrected chi connectivity index (χ1v) is 8.10. The highest BCUT2D eigenvalue weighted by Crippen LogP contribution is 2.17. The summed E-state index contributed by atoms with van der Waals surface area (Å²) in [6.07, 6.45) is 7.58. The van der Waals surface area contributed by atoms with E-state index in [0.717, 1.165) is 24.6 Å². The molecule has 1 aromatic rings. The van der Waals surface area contributed by atoms with Gasteiger partial charge in [-0.1, -0.05) is 26.2 Å². The Hall–Kier alpha value is -1.10. The summed E-state index contributed by atoms with van der Waals surface area (Å²) < 4.78 is 0. The summed E-state index contributed by atoms with van der Waals surface area (Å²) in [5, 5.41) is 10.2. The Labute approximate surface area is 119 Å². The molecule has 0 aromatic carbocycles. The quantitative estimate of drug-likeness (QED) is 0.658. The highest BCUT2D eigenvalue weighted by Gasteiger charge is 2.14. The topological polar surface area (TPSA) is 49.3 Å². The van der Waals surface area contributed by atoms with Crippen molar-refractivity contribution in [1.29, 1.82) is 0 Å². The first-order chi connectivity index (χ1) is 9.31. The van der Waals surface area contributed by atoms with Gasteiger partial charge in [0.1, 0.15) is 0 Å². The minimum absolute atomic E-state index is 0.585. The molecule has 19 heavy (non-hydrogen) atoms. The predicted molar refractivity (Wildman–Crippen MR) is 81.7 cm³/mol. The predicted octanol–water partition coefficient (Wildman–Crippen LogP) is 2.70. The lowest BCUT2D eigenvalue weighted by Crippen LogP contribution is -2.43. The van der Waals surface area contributed by atoms with Gasteiger partial charge in [-0.25, -0.2) is 4.98 Å². The van der Waals surface area contributed by atoms with Crippen LogP contribution in [0.15, 0.2) is 10.4 Å². The highest BCUT2D eigenvalue weighted by atomic mass is 32.1. The first kappa shape index (κ1) is 14.3. The van der Waals surface area contributed by atoms with Crippen molar-refractivity contribution in [3.63, 3.8) is 0 Å². The summed E-state index contributed by atoms with van der Waals surface area (Å²) in [5.41, 5.74) is 1.11. The molecule has 1 aliphatic rings. The second-order valence-electron chi connectivity index (χ2n) is 4.99. The summed E-state index contributed by atoms with van der Waals surface area (Å²) >= 11 is 1.73. The van der Waals surface area contributed by atoms with Crippen molar-refractivity contribution in [3.8, 4) is 0 Å². The van der Waals surface area contributed by atoms with E-state index < -0.39 is 0 Å². The van der Waals surface area contributed by atoms with Gasteiger partial charge in [-0.05, 0) is 19.3 Å². The number of aliphatic imine (C=N–C) groups is 1. The molecule has 1 heterocycles. The molecule has 1 aromatic heterocycles. The van der Waals surface area contributed by atoms with Crippen molar-refractivity contribution >= 4 is 17.3 Å². The molecule has 0 aliphatic heterocycles. The third kappa shape index (κ3) is 4.49. The maximum atomic E-state index is 4.56. The number of nitrogens with one attached hydrogen (secondary N) is 2. The Morgan fingerprint density at radius 2 is 2.21 bits per heavy atom. The first-order valence-electron chi connectivity index (χ1n) is 7.22. The lowest BCUT2D eigenvalue weighted by molar-refractivity contribution is 0.410. The average Bonchev–Trinajstić information content (AvgIpc) is 2.92. The minimum Gasteiger partial charge on any atom is -0.354 e. The molecule has 0 atom stereocenters. The Morgan fingerprint density at radius 1 is 1.42 bits per heavy atom. The summed E-state index contributed by atoms with van der Waals surface area (Å²) in [5.74, 6) is 0.901. The fourth-order valence-corrected chi connectivity index (χ4v) is 3.15. The Morgan fingerprint density at radius 3 is 2.84 bits per heavy atom. The molecule has 2 rings (SSSR count). The van der Waals surface area contributed by atoms with Crippen LogP contribution in [0.3, 0.4) is 0 Å². The third-order valence-corrected chi connectivity index (χ3v) is 4.55. The second-order valence-corrected chi connectivity index (χ2v) is 5.93. The molecular formula is C14H24N4S. The van der Waals surface area contributed by atoms with Crippen LogP contribution in [0.2, 0.25) is 0 Å². The van der Waals surface area contributed by atoms with Crippen molar-refractivity contribution in [1.82, 2.24) is 15.6 Å². The van der Waals surface area contributed by atoms with E-state index in [9.17, 15) is 0 Å². The van der Waals surface area contributed by atoms with Crippen molar-refractivity contribution in [2.24, 2.45) is 4.99 Å². The Kier molecular flexibility index (Phi) is 5.63. The molecule has 5 heteroatoms. The van der Waals surface area contributed by atoms with Gasteiger partial charge in [0.15, 0.2) is 5.96 Å². The fourth-order valence-electron chi connectivity index (χ4n) is 2.40. The smallest absolute Gasteiger partial charge is 0.191 e. The SMILES string of the molecule is CCc1nc(CNC(=NC)NC2CCCCC2)cs1. The summed E-state index contributed by atoms with van der Waals surface area (Å²) in [4.78, 5) is 8.85. The van der Waals surface area contributed by atoms with Crippen molar-refractivity contribution < 1.29 is 0 Å². The van der Waals surface area contributed by atoms with Crippen molar-refractivity contribution in [3.05, 3.63) is 16.1 Å². The van der Waals surface area contributed by atoms with Crippen molar-refractivity contribution in [2.75, 3.05) is 7.05 Å². The number of aryl methyl sites for hydroxylation is 1. The molecule has 0 amide bonds. The molecule has 0 bridgehead atoms. The zero-order valence-corrected chi connectivity index (χ0v) is 12.7. The van der Waals surface area contributed by atoms with Gasteiger partial charge in [-0.3, -0.25) is 4.99 Å². The third-order valence-electron chi connectivity index (χ3n) is 3.51. The van der Waals surface area contributed by atoms with Gasteiger partial charge in [-0.2, -0.15) is 0 Å². The van der Waals surface area contributed by atoms with E-state index in [2.05, 4.69) is 32.9 Å². The van der Waals surface area contributed by atoms with E-state index in [0.29, 0.717) is 6.04 Å². The van der Waals surface area contributed by atoms with E-state index in [1.165, 1.54) is 37.1 Å². The van der Waals surface area contributed by atoms with Crippen LogP contribution in [0, 0.1) is 0 Å². The molecular weight excluding hydrogens is 256 g/mol. The second kappa shape index (κ2) is 7.48. The molecule has 1 aliphatic carbocycles. The lowest BCUT2D eigenvalue weighted by atomic mass is 9.96. The number of hydrogen-bond acceptors (Lipinski definition) is 3. The van der Waals surface area contributed by atoms with Crippen LogP contribution in [-0.2, 0) is 13.0 Å². The summed E-state index contributed by atoms with van der Waals surface area (Å²) in [6.45, 7) is 2.89. The highest BCUT2D eigenvalue weighted by molar-refractivity contribution is 7.09. The van der Waals surface area contributed by atoms with Crippen LogP contribution in [0.25, 0.3) is 0 Å². The molecule has 2 N–H and O–H groups in total. The maximum Gasteiger partial charge on any atom is 0.191 e. The number of thiazole rings is 1. The van der Waals surface area contributed by atoms with Gasteiger partial charge in [-0.15, -0.1) is 11.3 Å². The van der Waals surface area contributed by atoms with Crippen LogP contribution in [0.4, 0.5) is 0 Å². The minimum atomic E-state index is 0.585. The average molecular weight is 280 g/mol. The number of guanidine groups is 1. The van der Waals surface area contributed by atoms with Gasteiger partial charge < -0.3 is 10.6 Å². The van der Waals surface area contributed by atoms with Gasteiger partial charge >= 0.3 is 0 Å². The maximum absolute atomic E-state index is 4.56. The van der Waals surface area contributed by atoms with Crippen LogP contribution in [0.5, 0.6) is 0 Å². The normalized spacial score (nSPS) is 17.5. The lowest BCUT2D eigenvalue weighted by Gasteiger charge is -2.24. The molecule has 4 nitrogen and oxygen atoms in total. The fraction of sp³-hybridized carbons (Fsp3) is 0.714. The molecule has 0 unspecified atom stereocenters. The molecule has 106 valence electrons. The van der Waals surface area contributed by atoms with E-state index in [-0.39, 0.29) is 0 Å². The Bertz CT molecular complexity index is 407. The molecule has 0 saturated heterocycles. The van der Waals surface area contributed by atoms with Crippen LogP contribution < -0.4 is 10.6 Å². The van der Waals surface area contributed by atoms with E-state index in [4.69, 9.17) is 0 Å². The molecule has 0 spiro atoms. The monoisotopic (exact) mass is 280 g/mol. The standard InChI is InChI=1S/C14H24N4S/c1-3-13-17-12(10-19-13)9-16-14(15-2)18-11-7-5-4-6-8-11/h10-11H,3-9H2,1-2H3,(H2,15,16,18). The number of hydrogen-bond donors (Lipinski definition) is 2. The van der Waals surface area contributed by atoms with Crippen LogP contribution in [-0.4, -0.2) is 24.0 Å². The van der Waals surface area contributed by atoms with Crippen molar-refractivity contribution in [2.45, 2.75) is 58.0 Å². The number of aromatic nitrogens is 1. The van der Waals surface area contributed by atoms with Gasteiger partial charge in [0.2, 0.25) is 0 Å². The molecule has 1 saturated carbocycles. The Balaban J connectivity index is 1.78. The molecule has 0 radical (unpaired) electrons. The largest absolute Gasteiger partial charge is 0.354 e.